The van der Waals surface area contributed by atoms with E-state index in [0.29, 0.717) is 0 Å². The van der Waals surface area contributed by atoms with E-state index in [9.17, 15) is 5.11 Å². The van der Waals surface area contributed by atoms with Crippen molar-refractivity contribution < 1.29 is 5.11 Å². The van der Waals surface area contributed by atoms with Crippen LogP contribution in [0.25, 0.3) is 22.3 Å². The lowest BCUT2D eigenvalue weighted by Crippen LogP contribution is -1.96. The Morgan fingerprint density at radius 2 is 1.18 bits per heavy atom. The number of nitrogens with two attached hydrogens (primary N) is 1. The minimum absolute atomic E-state index is 0.260. The van der Waals surface area contributed by atoms with Crippen LogP contribution in [-0.2, 0) is 0 Å². The molecular weight excluding hydrogens is 270 g/mol. The van der Waals surface area contributed by atoms with Crippen molar-refractivity contribution in [3.63, 3.8) is 0 Å². The molecule has 3 aromatic rings. The fraction of sp³-hybridized carbons (Fsp3) is 0.100. The number of hydrogen-bond acceptors (Lipinski definition) is 2. The van der Waals surface area contributed by atoms with Gasteiger partial charge in [0.15, 0.2) is 0 Å². The summed E-state index contributed by atoms with van der Waals surface area (Å²) in [6.07, 6.45) is 0. The van der Waals surface area contributed by atoms with Crippen molar-refractivity contribution in [3.8, 4) is 28.0 Å². The highest BCUT2D eigenvalue weighted by atomic mass is 16.3. The molecule has 3 rings (SSSR count). The maximum absolute atomic E-state index is 9.41. The standard InChI is InChI=1S/C20H19NO/c1-13-3-5-15(6-4-13)18-11-12-19(20(21)14(18)2)16-7-9-17(22)10-8-16/h3-12,22H,21H2,1-2H3. The summed E-state index contributed by atoms with van der Waals surface area (Å²) in [6.45, 7) is 4.13. The number of nitrogen functional groups attached to an aromatic ring is 1. The molecule has 0 saturated heterocycles. The van der Waals surface area contributed by atoms with Crippen molar-refractivity contribution in [1.29, 1.82) is 0 Å². The SMILES string of the molecule is Cc1ccc(-c2ccc(-c3ccc(O)cc3)c(N)c2C)cc1. The summed E-state index contributed by atoms with van der Waals surface area (Å²) in [5.41, 5.74) is 13.8. The average molecular weight is 289 g/mol. The zero-order chi connectivity index (χ0) is 15.7. The van der Waals surface area contributed by atoms with Crippen LogP contribution in [0.1, 0.15) is 11.1 Å². The van der Waals surface area contributed by atoms with Crippen LogP contribution in [0.2, 0.25) is 0 Å². The molecule has 22 heavy (non-hydrogen) atoms. The third kappa shape index (κ3) is 2.56. The first kappa shape index (κ1) is 14.2. The number of aryl methyl sites for hydroxylation is 1. The van der Waals surface area contributed by atoms with Gasteiger partial charge < -0.3 is 10.8 Å². The van der Waals surface area contributed by atoms with Crippen LogP contribution >= 0.6 is 0 Å². The van der Waals surface area contributed by atoms with Gasteiger partial charge in [0.1, 0.15) is 5.75 Å². The molecule has 0 bridgehead atoms. The summed E-state index contributed by atoms with van der Waals surface area (Å²) in [5.74, 6) is 0.260. The molecule has 0 aliphatic heterocycles. The normalized spacial score (nSPS) is 10.6. The van der Waals surface area contributed by atoms with Gasteiger partial charge in [-0.1, -0.05) is 54.1 Å². The van der Waals surface area contributed by atoms with Gasteiger partial charge in [0.25, 0.3) is 0 Å². The van der Waals surface area contributed by atoms with Crippen molar-refractivity contribution in [2.45, 2.75) is 13.8 Å². The Bertz CT molecular complexity index is 732. The zero-order valence-corrected chi connectivity index (χ0v) is 12.8. The molecule has 0 radical (unpaired) electrons. The van der Waals surface area contributed by atoms with Gasteiger partial charge >= 0.3 is 0 Å². The van der Waals surface area contributed by atoms with Gasteiger partial charge in [0.2, 0.25) is 0 Å². The van der Waals surface area contributed by atoms with E-state index in [-0.39, 0.29) is 5.75 Å². The molecule has 0 saturated carbocycles. The average Bonchev–Trinajstić information content (AvgIpc) is 2.52. The molecule has 0 aliphatic rings. The molecule has 0 aromatic heterocycles. The predicted octanol–water partition coefficient (Wildman–Crippen LogP) is 4.93. The zero-order valence-electron chi connectivity index (χ0n) is 12.8. The fourth-order valence-corrected chi connectivity index (χ4v) is 2.67. The van der Waals surface area contributed by atoms with Gasteiger partial charge in [0.05, 0.1) is 0 Å². The van der Waals surface area contributed by atoms with Crippen LogP contribution in [0.4, 0.5) is 5.69 Å². The highest BCUT2D eigenvalue weighted by molar-refractivity contribution is 5.85. The summed E-state index contributed by atoms with van der Waals surface area (Å²) >= 11 is 0. The quantitative estimate of drug-likeness (QED) is 0.657. The summed E-state index contributed by atoms with van der Waals surface area (Å²) in [7, 11) is 0. The second-order valence-electron chi connectivity index (χ2n) is 5.61. The Kier molecular flexibility index (Phi) is 3.60. The molecule has 0 aliphatic carbocycles. The van der Waals surface area contributed by atoms with E-state index in [0.717, 1.165) is 27.9 Å². The van der Waals surface area contributed by atoms with Crippen LogP contribution in [-0.4, -0.2) is 5.11 Å². The molecule has 0 spiro atoms. The van der Waals surface area contributed by atoms with Crippen molar-refractivity contribution >= 4 is 5.69 Å². The predicted molar refractivity (Wildman–Crippen MR) is 92.9 cm³/mol. The Balaban J connectivity index is 2.08. The monoisotopic (exact) mass is 289 g/mol. The van der Waals surface area contributed by atoms with Crippen LogP contribution in [0, 0.1) is 13.8 Å². The molecular formula is C20H19NO. The largest absolute Gasteiger partial charge is 0.508 e. The van der Waals surface area contributed by atoms with Crippen molar-refractivity contribution in [2.75, 3.05) is 5.73 Å². The van der Waals surface area contributed by atoms with Crippen LogP contribution < -0.4 is 5.73 Å². The lowest BCUT2D eigenvalue weighted by atomic mass is 9.93. The Morgan fingerprint density at radius 3 is 1.82 bits per heavy atom. The van der Waals surface area contributed by atoms with Gasteiger partial charge in [0, 0.05) is 11.3 Å². The fourth-order valence-electron chi connectivity index (χ4n) is 2.67. The maximum Gasteiger partial charge on any atom is 0.115 e. The summed E-state index contributed by atoms with van der Waals surface area (Å²) < 4.78 is 0. The molecule has 3 aromatic carbocycles. The van der Waals surface area contributed by atoms with E-state index >= 15 is 0 Å². The van der Waals surface area contributed by atoms with E-state index in [2.05, 4.69) is 44.2 Å². The van der Waals surface area contributed by atoms with E-state index < -0.39 is 0 Å². The molecule has 0 unspecified atom stereocenters. The molecule has 110 valence electrons. The first-order valence-corrected chi connectivity index (χ1v) is 7.32. The van der Waals surface area contributed by atoms with Crippen molar-refractivity contribution in [1.82, 2.24) is 0 Å². The van der Waals surface area contributed by atoms with Crippen molar-refractivity contribution in [2.24, 2.45) is 0 Å². The summed E-state index contributed by atoms with van der Waals surface area (Å²) in [4.78, 5) is 0. The Morgan fingerprint density at radius 1 is 0.682 bits per heavy atom. The van der Waals surface area contributed by atoms with Gasteiger partial charge in [-0.3, -0.25) is 0 Å². The highest BCUT2D eigenvalue weighted by Crippen LogP contribution is 2.35. The molecule has 0 atom stereocenters. The number of anilines is 1. The lowest BCUT2D eigenvalue weighted by Gasteiger charge is -2.14. The molecule has 0 heterocycles. The molecule has 0 fully saturated rings. The number of phenolic OH excluding ortho intramolecular Hbond substituents is 1. The minimum Gasteiger partial charge on any atom is -0.508 e. The maximum atomic E-state index is 9.41. The van der Waals surface area contributed by atoms with Gasteiger partial charge in [-0.25, -0.2) is 0 Å². The first-order chi connectivity index (χ1) is 10.6. The number of hydrogen-bond donors (Lipinski definition) is 2. The van der Waals surface area contributed by atoms with Gasteiger partial charge in [-0.15, -0.1) is 0 Å². The lowest BCUT2D eigenvalue weighted by molar-refractivity contribution is 0.475. The topological polar surface area (TPSA) is 46.2 Å². The number of rotatable bonds is 2. The minimum atomic E-state index is 0.260. The molecule has 3 N–H and O–H groups in total. The molecule has 0 amide bonds. The molecule has 2 nitrogen and oxygen atoms in total. The second kappa shape index (κ2) is 5.57. The molecule has 2 heteroatoms. The number of benzene rings is 3. The highest BCUT2D eigenvalue weighted by Gasteiger charge is 2.10. The van der Waals surface area contributed by atoms with Crippen LogP contribution in [0.5, 0.6) is 5.75 Å². The van der Waals surface area contributed by atoms with E-state index in [1.165, 1.54) is 11.1 Å². The third-order valence-electron chi connectivity index (χ3n) is 4.06. The third-order valence-corrected chi connectivity index (χ3v) is 4.06. The van der Waals surface area contributed by atoms with Crippen LogP contribution in [0.15, 0.2) is 60.7 Å². The van der Waals surface area contributed by atoms with Crippen LogP contribution in [0.3, 0.4) is 0 Å². The van der Waals surface area contributed by atoms with Gasteiger partial charge in [-0.05, 0) is 48.2 Å². The van der Waals surface area contributed by atoms with E-state index in [1.807, 2.05) is 18.2 Å². The Labute approximate surface area is 130 Å². The van der Waals surface area contributed by atoms with Gasteiger partial charge in [-0.2, -0.15) is 0 Å². The number of phenols is 1. The van der Waals surface area contributed by atoms with E-state index in [4.69, 9.17) is 5.73 Å². The van der Waals surface area contributed by atoms with E-state index in [1.54, 1.807) is 12.1 Å². The van der Waals surface area contributed by atoms with Crippen molar-refractivity contribution in [3.05, 3.63) is 71.8 Å². The summed E-state index contributed by atoms with van der Waals surface area (Å²) in [6, 6.07) is 19.7. The first-order valence-electron chi connectivity index (χ1n) is 7.32. The second-order valence-corrected chi connectivity index (χ2v) is 5.61. The Hall–Kier alpha value is -2.74. The number of aromatic hydroxyl groups is 1. The summed E-state index contributed by atoms with van der Waals surface area (Å²) in [5, 5.41) is 9.41. The smallest absolute Gasteiger partial charge is 0.115 e.